The molecule has 3 amide bonds. The van der Waals surface area contributed by atoms with E-state index in [4.69, 9.17) is 4.74 Å². The molecule has 146 valence electrons. The molecule has 28 heavy (non-hydrogen) atoms. The number of rotatable bonds is 7. The molecule has 4 rings (SSSR count). The van der Waals surface area contributed by atoms with E-state index in [0.29, 0.717) is 25.3 Å². The quantitative estimate of drug-likeness (QED) is 0.771. The second kappa shape index (κ2) is 8.02. The predicted molar refractivity (Wildman–Crippen MR) is 109 cm³/mol. The lowest BCUT2D eigenvalue weighted by atomic mass is 10.1. The van der Waals surface area contributed by atoms with Crippen LogP contribution < -0.4 is 15.5 Å². The van der Waals surface area contributed by atoms with Crippen LogP contribution in [0.5, 0.6) is 0 Å². The average molecular weight is 379 g/mol. The molecule has 0 bridgehead atoms. The molecule has 2 aromatic rings. The number of aryl methyl sites for hydroxylation is 1. The second-order valence-electron chi connectivity index (χ2n) is 7.50. The van der Waals surface area contributed by atoms with Gasteiger partial charge in [0.15, 0.2) is 0 Å². The van der Waals surface area contributed by atoms with Crippen LogP contribution in [0.2, 0.25) is 0 Å². The van der Waals surface area contributed by atoms with Crippen LogP contribution in [0.4, 0.5) is 16.2 Å². The maximum atomic E-state index is 12.7. The standard InChI is InChI=1S/C22H25N3O3/c1-15-11-18(7-8-20(15)25-10-9-23-22(25)27)21(26)24-19-4-2-3-17(12-19)14-28-13-16-5-6-16/h2-4,7-8,11-12,16H,5-6,9-10,13-14H2,1H3,(H,23,27)(H,24,26). The van der Waals surface area contributed by atoms with E-state index in [1.165, 1.54) is 12.8 Å². The zero-order valence-corrected chi connectivity index (χ0v) is 16.0. The first-order valence-corrected chi connectivity index (χ1v) is 9.74. The molecule has 1 aliphatic carbocycles. The zero-order chi connectivity index (χ0) is 19.5. The van der Waals surface area contributed by atoms with Gasteiger partial charge >= 0.3 is 6.03 Å². The number of benzene rings is 2. The highest BCUT2D eigenvalue weighted by molar-refractivity contribution is 6.05. The summed E-state index contributed by atoms with van der Waals surface area (Å²) < 4.78 is 5.72. The Hall–Kier alpha value is -2.86. The third kappa shape index (κ3) is 4.34. The van der Waals surface area contributed by atoms with Gasteiger partial charge in [-0.15, -0.1) is 0 Å². The number of carbonyl (C=O) groups is 2. The van der Waals surface area contributed by atoms with E-state index in [1.807, 2.05) is 43.3 Å². The van der Waals surface area contributed by atoms with Crippen LogP contribution >= 0.6 is 0 Å². The van der Waals surface area contributed by atoms with Gasteiger partial charge in [-0.2, -0.15) is 0 Å². The monoisotopic (exact) mass is 379 g/mol. The number of carbonyl (C=O) groups excluding carboxylic acids is 2. The minimum atomic E-state index is -0.170. The smallest absolute Gasteiger partial charge is 0.322 e. The van der Waals surface area contributed by atoms with E-state index in [9.17, 15) is 9.59 Å². The van der Waals surface area contributed by atoms with Gasteiger partial charge in [0.05, 0.1) is 6.61 Å². The van der Waals surface area contributed by atoms with Gasteiger partial charge in [-0.3, -0.25) is 9.69 Å². The molecule has 0 radical (unpaired) electrons. The van der Waals surface area contributed by atoms with E-state index < -0.39 is 0 Å². The lowest BCUT2D eigenvalue weighted by molar-refractivity contribution is 0.102. The van der Waals surface area contributed by atoms with Crippen LogP contribution in [-0.4, -0.2) is 31.6 Å². The number of amides is 3. The van der Waals surface area contributed by atoms with Gasteiger partial charge in [0, 0.05) is 36.6 Å². The Bertz CT molecular complexity index is 892. The minimum absolute atomic E-state index is 0.0963. The van der Waals surface area contributed by atoms with Crippen molar-refractivity contribution in [2.24, 2.45) is 5.92 Å². The fraction of sp³-hybridized carbons (Fsp3) is 0.364. The number of nitrogens with one attached hydrogen (secondary N) is 2. The lowest BCUT2D eigenvalue weighted by Gasteiger charge is -2.17. The molecule has 1 saturated heterocycles. The predicted octanol–water partition coefficient (Wildman–Crippen LogP) is 3.70. The first kappa shape index (κ1) is 18.5. The number of anilines is 2. The highest BCUT2D eigenvalue weighted by Crippen LogP contribution is 2.29. The van der Waals surface area contributed by atoms with Crippen molar-refractivity contribution in [3.63, 3.8) is 0 Å². The van der Waals surface area contributed by atoms with Crippen LogP contribution in [0.3, 0.4) is 0 Å². The maximum Gasteiger partial charge on any atom is 0.322 e. The van der Waals surface area contributed by atoms with E-state index in [-0.39, 0.29) is 11.9 Å². The highest BCUT2D eigenvalue weighted by atomic mass is 16.5. The van der Waals surface area contributed by atoms with Crippen molar-refractivity contribution in [1.29, 1.82) is 0 Å². The van der Waals surface area contributed by atoms with Crippen molar-refractivity contribution < 1.29 is 14.3 Å². The Labute approximate surface area is 164 Å². The molecule has 0 aromatic heterocycles. The normalized spacial score (nSPS) is 16.2. The molecule has 1 saturated carbocycles. The molecular weight excluding hydrogens is 354 g/mol. The fourth-order valence-corrected chi connectivity index (χ4v) is 3.37. The van der Waals surface area contributed by atoms with Crippen LogP contribution in [0.15, 0.2) is 42.5 Å². The van der Waals surface area contributed by atoms with Crippen LogP contribution in [0.1, 0.15) is 34.3 Å². The van der Waals surface area contributed by atoms with Crippen molar-refractivity contribution in [3.8, 4) is 0 Å². The number of nitrogens with zero attached hydrogens (tertiary/aromatic N) is 1. The number of hydrogen-bond acceptors (Lipinski definition) is 3. The average Bonchev–Trinajstić information content (AvgIpc) is 3.41. The number of hydrogen-bond donors (Lipinski definition) is 2. The van der Waals surface area contributed by atoms with Gasteiger partial charge in [-0.1, -0.05) is 12.1 Å². The summed E-state index contributed by atoms with van der Waals surface area (Å²) in [5, 5.41) is 5.74. The summed E-state index contributed by atoms with van der Waals surface area (Å²) >= 11 is 0. The van der Waals surface area contributed by atoms with Gasteiger partial charge < -0.3 is 15.4 Å². The fourth-order valence-electron chi connectivity index (χ4n) is 3.37. The Balaban J connectivity index is 1.40. The summed E-state index contributed by atoms with van der Waals surface area (Å²) in [4.78, 5) is 26.2. The molecule has 0 spiro atoms. The first-order chi connectivity index (χ1) is 13.6. The minimum Gasteiger partial charge on any atom is -0.376 e. The summed E-state index contributed by atoms with van der Waals surface area (Å²) in [5.41, 5.74) is 4.09. The SMILES string of the molecule is Cc1cc(C(=O)Nc2cccc(COCC3CC3)c2)ccc1N1CCNC1=O. The number of urea groups is 1. The second-order valence-corrected chi connectivity index (χ2v) is 7.50. The van der Waals surface area contributed by atoms with E-state index >= 15 is 0 Å². The van der Waals surface area contributed by atoms with Gasteiger partial charge in [0.2, 0.25) is 0 Å². The van der Waals surface area contributed by atoms with Gasteiger partial charge in [-0.25, -0.2) is 4.79 Å². The maximum absolute atomic E-state index is 12.7. The van der Waals surface area contributed by atoms with Crippen molar-refractivity contribution in [3.05, 3.63) is 59.2 Å². The van der Waals surface area contributed by atoms with Crippen molar-refractivity contribution >= 4 is 23.3 Å². The third-order valence-electron chi connectivity index (χ3n) is 5.11. The van der Waals surface area contributed by atoms with Crippen LogP contribution in [0, 0.1) is 12.8 Å². The molecule has 1 aliphatic heterocycles. The molecule has 0 unspecified atom stereocenters. The molecule has 0 atom stereocenters. The molecule has 6 heteroatoms. The molecule has 2 N–H and O–H groups in total. The highest BCUT2D eigenvalue weighted by Gasteiger charge is 2.23. The molecule has 6 nitrogen and oxygen atoms in total. The van der Waals surface area contributed by atoms with Crippen molar-refractivity contribution in [2.45, 2.75) is 26.4 Å². The summed E-state index contributed by atoms with van der Waals surface area (Å²) in [6.07, 6.45) is 2.55. The summed E-state index contributed by atoms with van der Waals surface area (Å²) in [6.45, 7) is 4.57. The first-order valence-electron chi connectivity index (χ1n) is 9.74. The van der Waals surface area contributed by atoms with Gasteiger partial charge in [0.25, 0.3) is 5.91 Å². The Morgan fingerprint density at radius 3 is 2.82 bits per heavy atom. The third-order valence-corrected chi connectivity index (χ3v) is 5.11. The summed E-state index contributed by atoms with van der Waals surface area (Å²) in [5.74, 6) is 0.567. The Kier molecular flexibility index (Phi) is 5.30. The van der Waals surface area contributed by atoms with Crippen molar-refractivity contribution in [1.82, 2.24) is 5.32 Å². The lowest BCUT2D eigenvalue weighted by Crippen LogP contribution is -2.28. The zero-order valence-electron chi connectivity index (χ0n) is 16.0. The van der Waals surface area contributed by atoms with E-state index in [0.717, 1.165) is 35.0 Å². The van der Waals surface area contributed by atoms with Crippen LogP contribution in [-0.2, 0) is 11.3 Å². The molecule has 2 fully saturated rings. The number of ether oxygens (including phenoxy) is 1. The van der Waals surface area contributed by atoms with Crippen LogP contribution in [0.25, 0.3) is 0 Å². The van der Waals surface area contributed by atoms with Crippen molar-refractivity contribution in [2.75, 3.05) is 29.9 Å². The molecule has 2 aromatic carbocycles. The molecule has 1 heterocycles. The van der Waals surface area contributed by atoms with Gasteiger partial charge in [0.1, 0.15) is 0 Å². The van der Waals surface area contributed by atoms with Gasteiger partial charge in [-0.05, 0) is 67.1 Å². The molecular formula is C22H25N3O3. The summed E-state index contributed by atoms with van der Waals surface area (Å²) in [7, 11) is 0. The largest absolute Gasteiger partial charge is 0.376 e. The van der Waals surface area contributed by atoms with E-state index in [2.05, 4.69) is 10.6 Å². The topological polar surface area (TPSA) is 70.7 Å². The Morgan fingerprint density at radius 1 is 1.25 bits per heavy atom. The molecule has 2 aliphatic rings. The van der Waals surface area contributed by atoms with E-state index in [1.54, 1.807) is 11.0 Å². The summed E-state index contributed by atoms with van der Waals surface area (Å²) in [6, 6.07) is 13.1. The Morgan fingerprint density at radius 2 is 2.11 bits per heavy atom.